The molecule has 0 bridgehead atoms. The molecule has 0 fully saturated rings. The van der Waals surface area contributed by atoms with Gasteiger partial charge in [0.15, 0.2) is 0 Å². The lowest BCUT2D eigenvalue weighted by Crippen LogP contribution is -2.07. The van der Waals surface area contributed by atoms with Crippen LogP contribution in [0.3, 0.4) is 0 Å². The molecule has 0 unspecified atom stereocenters. The number of aliphatic carboxylic acids is 1. The van der Waals surface area contributed by atoms with E-state index in [9.17, 15) is 19.5 Å². The summed E-state index contributed by atoms with van der Waals surface area (Å²) in [6.45, 7) is 1.88. The summed E-state index contributed by atoms with van der Waals surface area (Å²) in [5, 5.41) is 18.2. The molecule has 7 heteroatoms. The summed E-state index contributed by atoms with van der Waals surface area (Å²) in [6.07, 6.45) is -0.0699. The van der Waals surface area contributed by atoms with Gasteiger partial charge in [-0.05, 0) is 42.8 Å². The molecule has 0 aliphatic heterocycles. The Bertz CT molecular complexity index is 798. The molecule has 0 saturated carbocycles. The number of rotatable bonds is 7. The van der Waals surface area contributed by atoms with Gasteiger partial charge in [0.1, 0.15) is 0 Å². The van der Waals surface area contributed by atoms with Crippen molar-refractivity contribution in [1.82, 2.24) is 0 Å². The van der Waals surface area contributed by atoms with E-state index >= 15 is 0 Å². The summed E-state index contributed by atoms with van der Waals surface area (Å²) < 4.78 is 4.88. The van der Waals surface area contributed by atoms with Crippen LogP contribution in [0.25, 0.3) is 0 Å². The minimum atomic E-state index is -1.14. The van der Waals surface area contributed by atoms with Gasteiger partial charge in [-0.25, -0.2) is 9.59 Å². The third-order valence-electron chi connectivity index (χ3n) is 3.23. The quantitative estimate of drug-likeness (QED) is 0.730. The summed E-state index contributed by atoms with van der Waals surface area (Å²) in [5.41, 5.74) is 0.846. The van der Waals surface area contributed by atoms with Crippen molar-refractivity contribution in [3.8, 4) is 0 Å². The standard InChI is InChI=1S/C18H16O6S/c1-2-24-18(23)12-5-8-15(14(10-12)17(21)22)25-13-6-3-11(4-7-13)9-16(19)20/h3-8,10H,2,9H2,1H3,(H,19,20)(H,21,22). The Labute approximate surface area is 148 Å². The molecule has 25 heavy (non-hydrogen) atoms. The van der Waals surface area contributed by atoms with Gasteiger partial charge in [-0.3, -0.25) is 4.79 Å². The highest BCUT2D eigenvalue weighted by Crippen LogP contribution is 2.31. The number of carbonyl (C=O) groups excluding carboxylic acids is 1. The molecule has 0 aliphatic rings. The van der Waals surface area contributed by atoms with E-state index in [2.05, 4.69) is 0 Å². The molecule has 2 aromatic carbocycles. The van der Waals surface area contributed by atoms with Crippen LogP contribution in [-0.2, 0) is 16.0 Å². The molecule has 6 nitrogen and oxygen atoms in total. The molecule has 2 N–H and O–H groups in total. The molecule has 2 aromatic rings. The second-order valence-corrected chi connectivity index (χ2v) is 6.17. The Morgan fingerprint density at radius 1 is 1.04 bits per heavy atom. The van der Waals surface area contributed by atoms with Gasteiger partial charge < -0.3 is 14.9 Å². The van der Waals surface area contributed by atoms with Gasteiger partial charge in [0.05, 0.1) is 24.2 Å². The maximum absolute atomic E-state index is 11.7. The van der Waals surface area contributed by atoms with Crippen LogP contribution in [0.2, 0.25) is 0 Å². The third-order valence-corrected chi connectivity index (χ3v) is 4.31. The summed E-state index contributed by atoms with van der Waals surface area (Å²) >= 11 is 1.22. The Balaban J connectivity index is 2.25. The molecule has 0 aliphatic carbocycles. The van der Waals surface area contributed by atoms with Gasteiger partial charge in [-0.15, -0.1) is 0 Å². The second-order valence-electron chi connectivity index (χ2n) is 5.05. The average Bonchev–Trinajstić information content (AvgIpc) is 2.56. The number of carboxylic acid groups (broad SMARTS) is 2. The molecule has 0 amide bonds. The van der Waals surface area contributed by atoms with E-state index < -0.39 is 17.9 Å². The maximum Gasteiger partial charge on any atom is 0.338 e. The van der Waals surface area contributed by atoms with E-state index in [1.165, 1.54) is 23.9 Å². The first-order chi connectivity index (χ1) is 11.9. The molecule has 0 saturated heterocycles. The fraction of sp³-hybridized carbons (Fsp3) is 0.167. The van der Waals surface area contributed by atoms with Crippen molar-refractivity contribution < 1.29 is 29.3 Å². The van der Waals surface area contributed by atoms with Crippen LogP contribution in [0.4, 0.5) is 0 Å². The van der Waals surface area contributed by atoms with Crippen molar-refractivity contribution in [2.24, 2.45) is 0 Å². The van der Waals surface area contributed by atoms with Crippen LogP contribution in [-0.4, -0.2) is 34.7 Å². The van der Waals surface area contributed by atoms with Gasteiger partial charge >= 0.3 is 17.9 Å². The zero-order chi connectivity index (χ0) is 18.4. The lowest BCUT2D eigenvalue weighted by atomic mass is 10.1. The molecule has 0 spiro atoms. The van der Waals surface area contributed by atoms with Gasteiger partial charge in [-0.2, -0.15) is 0 Å². The lowest BCUT2D eigenvalue weighted by molar-refractivity contribution is -0.136. The highest BCUT2D eigenvalue weighted by molar-refractivity contribution is 7.99. The minimum absolute atomic E-state index is 0.00478. The third kappa shape index (κ3) is 5.09. The fourth-order valence-electron chi connectivity index (χ4n) is 2.10. The van der Waals surface area contributed by atoms with E-state index in [-0.39, 0.29) is 24.2 Å². The van der Waals surface area contributed by atoms with Crippen molar-refractivity contribution in [2.45, 2.75) is 23.1 Å². The van der Waals surface area contributed by atoms with E-state index in [1.807, 2.05) is 0 Å². The number of esters is 1. The highest BCUT2D eigenvalue weighted by Gasteiger charge is 2.16. The SMILES string of the molecule is CCOC(=O)c1ccc(Sc2ccc(CC(=O)O)cc2)c(C(=O)O)c1. The molecule has 0 aromatic heterocycles. The first-order valence-corrected chi connectivity index (χ1v) is 8.25. The van der Waals surface area contributed by atoms with Crippen molar-refractivity contribution in [1.29, 1.82) is 0 Å². The van der Waals surface area contributed by atoms with Crippen LogP contribution >= 0.6 is 11.8 Å². The smallest absolute Gasteiger partial charge is 0.338 e. The molecule has 0 atom stereocenters. The lowest BCUT2D eigenvalue weighted by Gasteiger charge is -2.09. The summed E-state index contributed by atoms with van der Waals surface area (Å²) in [4.78, 5) is 35.2. The molecular formula is C18H16O6S. The van der Waals surface area contributed by atoms with E-state index in [1.54, 1.807) is 37.3 Å². The van der Waals surface area contributed by atoms with E-state index in [0.29, 0.717) is 10.5 Å². The number of aromatic carboxylic acids is 1. The zero-order valence-corrected chi connectivity index (χ0v) is 14.2. The van der Waals surface area contributed by atoms with Crippen molar-refractivity contribution in [2.75, 3.05) is 6.61 Å². The first kappa shape index (κ1) is 18.5. The van der Waals surface area contributed by atoms with Crippen molar-refractivity contribution in [3.63, 3.8) is 0 Å². The number of carboxylic acids is 2. The molecule has 0 heterocycles. The number of carbonyl (C=O) groups is 3. The molecule has 0 radical (unpaired) electrons. The van der Waals surface area contributed by atoms with Crippen LogP contribution in [0.1, 0.15) is 33.2 Å². The number of ether oxygens (including phenoxy) is 1. The highest BCUT2D eigenvalue weighted by atomic mass is 32.2. The Kier molecular flexibility index (Phi) is 6.19. The summed E-state index contributed by atoms with van der Waals surface area (Å²) in [6, 6.07) is 11.2. The molecule has 2 rings (SSSR count). The second kappa shape index (κ2) is 8.34. The Morgan fingerprint density at radius 2 is 1.72 bits per heavy atom. The number of hydrogen-bond acceptors (Lipinski definition) is 5. The summed E-state index contributed by atoms with van der Waals surface area (Å²) in [5.74, 6) is -2.63. The zero-order valence-electron chi connectivity index (χ0n) is 13.4. The van der Waals surface area contributed by atoms with Crippen LogP contribution < -0.4 is 0 Å². The Hall–Kier alpha value is -2.80. The number of benzene rings is 2. The van der Waals surface area contributed by atoms with Crippen LogP contribution in [0, 0.1) is 0 Å². The van der Waals surface area contributed by atoms with Gasteiger partial charge in [0, 0.05) is 9.79 Å². The number of hydrogen-bond donors (Lipinski definition) is 2. The van der Waals surface area contributed by atoms with E-state index in [4.69, 9.17) is 9.84 Å². The topological polar surface area (TPSA) is 101 Å². The predicted octanol–water partition coefficient (Wildman–Crippen LogP) is 3.34. The van der Waals surface area contributed by atoms with Crippen LogP contribution in [0.5, 0.6) is 0 Å². The summed E-state index contributed by atoms with van der Waals surface area (Å²) in [7, 11) is 0. The monoisotopic (exact) mass is 360 g/mol. The Morgan fingerprint density at radius 3 is 2.28 bits per heavy atom. The first-order valence-electron chi connectivity index (χ1n) is 7.43. The van der Waals surface area contributed by atoms with E-state index in [0.717, 1.165) is 4.90 Å². The molecule has 130 valence electrons. The van der Waals surface area contributed by atoms with Gasteiger partial charge in [0.25, 0.3) is 0 Å². The fourth-order valence-corrected chi connectivity index (χ4v) is 3.02. The normalized spacial score (nSPS) is 10.3. The van der Waals surface area contributed by atoms with Crippen molar-refractivity contribution >= 4 is 29.7 Å². The van der Waals surface area contributed by atoms with Crippen molar-refractivity contribution in [3.05, 3.63) is 59.2 Å². The van der Waals surface area contributed by atoms with Crippen LogP contribution in [0.15, 0.2) is 52.3 Å². The minimum Gasteiger partial charge on any atom is -0.481 e. The maximum atomic E-state index is 11.7. The average molecular weight is 360 g/mol. The predicted molar refractivity (Wildman–Crippen MR) is 91.3 cm³/mol. The molecular weight excluding hydrogens is 344 g/mol. The van der Waals surface area contributed by atoms with Gasteiger partial charge in [0.2, 0.25) is 0 Å². The van der Waals surface area contributed by atoms with Gasteiger partial charge in [-0.1, -0.05) is 23.9 Å². The largest absolute Gasteiger partial charge is 0.481 e.